The molecule has 2 aromatic rings. The SMILES string of the molecule is O=C(O)c1cn(C2CN(CCO)C2)c2ccccc2c1=O. The lowest BCUT2D eigenvalue weighted by Gasteiger charge is -2.40. The number of carboxylic acid groups (broad SMARTS) is 1. The molecule has 21 heavy (non-hydrogen) atoms. The van der Waals surface area contributed by atoms with E-state index in [0.29, 0.717) is 11.9 Å². The van der Waals surface area contributed by atoms with Gasteiger partial charge in [-0.25, -0.2) is 4.79 Å². The summed E-state index contributed by atoms with van der Waals surface area (Å²) in [6.07, 6.45) is 1.44. The van der Waals surface area contributed by atoms with Crippen LogP contribution in [0.15, 0.2) is 35.3 Å². The lowest BCUT2D eigenvalue weighted by Crippen LogP contribution is -2.49. The third kappa shape index (κ3) is 2.32. The smallest absolute Gasteiger partial charge is 0.341 e. The molecule has 1 saturated heterocycles. The van der Waals surface area contributed by atoms with Crippen molar-refractivity contribution >= 4 is 16.9 Å². The third-order valence-electron chi connectivity index (χ3n) is 3.92. The zero-order chi connectivity index (χ0) is 15.0. The van der Waals surface area contributed by atoms with Gasteiger partial charge < -0.3 is 14.8 Å². The first-order valence-electron chi connectivity index (χ1n) is 6.82. The molecule has 1 aromatic heterocycles. The average Bonchev–Trinajstić information content (AvgIpc) is 2.43. The predicted octanol–water partition coefficient (Wildman–Crippen LogP) is 0.549. The van der Waals surface area contributed by atoms with Crippen molar-refractivity contribution in [2.24, 2.45) is 0 Å². The van der Waals surface area contributed by atoms with E-state index in [1.54, 1.807) is 12.1 Å². The molecule has 0 aliphatic carbocycles. The van der Waals surface area contributed by atoms with E-state index in [1.165, 1.54) is 6.20 Å². The van der Waals surface area contributed by atoms with Crippen LogP contribution in [0.5, 0.6) is 0 Å². The molecule has 0 atom stereocenters. The van der Waals surface area contributed by atoms with Gasteiger partial charge in [0.05, 0.1) is 18.2 Å². The van der Waals surface area contributed by atoms with Crippen molar-refractivity contribution in [3.8, 4) is 0 Å². The van der Waals surface area contributed by atoms with Gasteiger partial charge >= 0.3 is 5.97 Å². The van der Waals surface area contributed by atoms with E-state index >= 15 is 0 Å². The van der Waals surface area contributed by atoms with Gasteiger partial charge in [-0.3, -0.25) is 9.69 Å². The Morgan fingerprint density at radius 2 is 2.00 bits per heavy atom. The highest BCUT2D eigenvalue weighted by Crippen LogP contribution is 2.25. The fourth-order valence-corrected chi connectivity index (χ4v) is 2.80. The van der Waals surface area contributed by atoms with Crippen LogP contribution in [0.1, 0.15) is 16.4 Å². The summed E-state index contributed by atoms with van der Waals surface area (Å²) in [4.78, 5) is 25.5. The van der Waals surface area contributed by atoms with Crippen LogP contribution in [0.25, 0.3) is 10.9 Å². The largest absolute Gasteiger partial charge is 0.477 e. The van der Waals surface area contributed by atoms with Gasteiger partial charge in [0.1, 0.15) is 5.56 Å². The molecule has 2 heterocycles. The summed E-state index contributed by atoms with van der Waals surface area (Å²) in [6, 6.07) is 7.18. The average molecular weight is 288 g/mol. The summed E-state index contributed by atoms with van der Waals surface area (Å²) in [7, 11) is 0. The Balaban J connectivity index is 2.08. The second kappa shape index (κ2) is 5.31. The Bertz CT molecular complexity index is 747. The molecule has 110 valence electrons. The highest BCUT2D eigenvalue weighted by atomic mass is 16.4. The molecule has 0 bridgehead atoms. The topological polar surface area (TPSA) is 82.8 Å². The summed E-state index contributed by atoms with van der Waals surface area (Å²) in [5, 5.41) is 18.5. The fourth-order valence-electron chi connectivity index (χ4n) is 2.80. The van der Waals surface area contributed by atoms with Crippen LogP contribution in [0, 0.1) is 0 Å². The van der Waals surface area contributed by atoms with E-state index in [1.807, 2.05) is 16.7 Å². The quantitative estimate of drug-likeness (QED) is 0.858. The van der Waals surface area contributed by atoms with Gasteiger partial charge in [-0.1, -0.05) is 12.1 Å². The highest BCUT2D eigenvalue weighted by molar-refractivity contribution is 5.92. The van der Waals surface area contributed by atoms with Gasteiger partial charge in [0.15, 0.2) is 0 Å². The third-order valence-corrected chi connectivity index (χ3v) is 3.92. The molecular formula is C15H16N2O4. The lowest BCUT2D eigenvalue weighted by atomic mass is 10.1. The van der Waals surface area contributed by atoms with Crippen LogP contribution in [0.4, 0.5) is 0 Å². The molecule has 1 aliphatic heterocycles. The molecule has 6 nitrogen and oxygen atoms in total. The van der Waals surface area contributed by atoms with E-state index in [-0.39, 0.29) is 18.2 Å². The summed E-state index contributed by atoms with van der Waals surface area (Å²) in [5.74, 6) is -1.20. The number of hydrogen-bond donors (Lipinski definition) is 2. The zero-order valence-corrected chi connectivity index (χ0v) is 11.4. The van der Waals surface area contributed by atoms with Gasteiger partial charge in [0, 0.05) is 31.2 Å². The molecule has 1 fully saturated rings. The Morgan fingerprint density at radius 1 is 1.29 bits per heavy atom. The molecule has 2 N–H and O–H groups in total. The normalized spacial score (nSPS) is 16.0. The number of carbonyl (C=O) groups is 1. The van der Waals surface area contributed by atoms with Crippen LogP contribution < -0.4 is 5.43 Å². The van der Waals surface area contributed by atoms with Crippen LogP contribution in [-0.2, 0) is 0 Å². The summed E-state index contributed by atoms with van der Waals surface area (Å²) in [5.41, 5.74) is 0.108. The number of aliphatic hydroxyl groups is 1. The number of aromatic carboxylic acids is 1. The van der Waals surface area contributed by atoms with Gasteiger partial charge in [-0.15, -0.1) is 0 Å². The summed E-state index contributed by atoms with van der Waals surface area (Å²) in [6.45, 7) is 2.21. The van der Waals surface area contributed by atoms with E-state index in [2.05, 4.69) is 4.90 Å². The Morgan fingerprint density at radius 3 is 2.67 bits per heavy atom. The maximum Gasteiger partial charge on any atom is 0.341 e. The summed E-state index contributed by atoms with van der Waals surface area (Å²) < 4.78 is 1.87. The first-order chi connectivity index (χ1) is 10.1. The van der Waals surface area contributed by atoms with E-state index < -0.39 is 11.4 Å². The van der Waals surface area contributed by atoms with E-state index in [4.69, 9.17) is 5.11 Å². The molecule has 0 unspecified atom stereocenters. The van der Waals surface area contributed by atoms with Gasteiger partial charge in [0.2, 0.25) is 5.43 Å². The van der Waals surface area contributed by atoms with Gasteiger partial charge in [-0.2, -0.15) is 0 Å². The molecule has 0 amide bonds. The number of rotatable bonds is 4. The number of carboxylic acids is 1. The van der Waals surface area contributed by atoms with Crippen molar-refractivity contribution in [1.29, 1.82) is 0 Å². The number of fused-ring (bicyclic) bond motifs is 1. The van der Waals surface area contributed by atoms with E-state index in [0.717, 1.165) is 18.6 Å². The minimum atomic E-state index is -1.20. The number of benzene rings is 1. The van der Waals surface area contributed by atoms with Crippen molar-refractivity contribution in [1.82, 2.24) is 9.47 Å². The second-order valence-electron chi connectivity index (χ2n) is 5.24. The van der Waals surface area contributed by atoms with Crippen LogP contribution in [0.2, 0.25) is 0 Å². The van der Waals surface area contributed by atoms with Gasteiger partial charge in [-0.05, 0) is 12.1 Å². The number of hydrogen-bond acceptors (Lipinski definition) is 4. The minimum absolute atomic E-state index is 0.109. The standard InChI is InChI=1S/C15H16N2O4/c18-6-5-16-7-10(8-16)17-9-12(15(20)21)14(19)11-3-1-2-4-13(11)17/h1-4,9-10,18H,5-8H2,(H,20,21). The van der Waals surface area contributed by atoms with Crippen molar-refractivity contribution in [3.63, 3.8) is 0 Å². The van der Waals surface area contributed by atoms with Crippen molar-refractivity contribution < 1.29 is 15.0 Å². The molecule has 1 aliphatic rings. The summed E-state index contributed by atoms with van der Waals surface area (Å²) >= 11 is 0. The van der Waals surface area contributed by atoms with Crippen LogP contribution >= 0.6 is 0 Å². The fraction of sp³-hybridized carbons (Fsp3) is 0.333. The molecule has 1 aromatic carbocycles. The number of nitrogens with zero attached hydrogens (tertiary/aromatic N) is 2. The Kier molecular flexibility index (Phi) is 3.48. The first-order valence-corrected chi connectivity index (χ1v) is 6.82. The van der Waals surface area contributed by atoms with E-state index in [9.17, 15) is 14.7 Å². The molecule has 6 heteroatoms. The number of aromatic nitrogens is 1. The molecular weight excluding hydrogens is 272 g/mol. The number of likely N-dealkylation sites (tertiary alicyclic amines) is 1. The highest BCUT2D eigenvalue weighted by Gasteiger charge is 2.29. The Labute approximate surface area is 120 Å². The van der Waals surface area contributed by atoms with Crippen molar-refractivity contribution in [2.75, 3.05) is 26.2 Å². The minimum Gasteiger partial charge on any atom is -0.477 e. The van der Waals surface area contributed by atoms with Crippen molar-refractivity contribution in [3.05, 3.63) is 46.2 Å². The van der Waals surface area contributed by atoms with Gasteiger partial charge in [0.25, 0.3) is 0 Å². The number of pyridine rings is 1. The van der Waals surface area contributed by atoms with Crippen LogP contribution in [-0.4, -0.2) is 51.9 Å². The number of aliphatic hydroxyl groups excluding tert-OH is 1. The first kappa shape index (κ1) is 13.8. The van der Waals surface area contributed by atoms with Crippen molar-refractivity contribution in [2.45, 2.75) is 6.04 Å². The zero-order valence-electron chi connectivity index (χ0n) is 11.4. The number of para-hydroxylation sites is 1. The predicted molar refractivity (Wildman–Crippen MR) is 77.7 cm³/mol. The maximum absolute atomic E-state index is 12.2. The molecule has 3 rings (SSSR count). The lowest BCUT2D eigenvalue weighted by molar-refractivity contribution is 0.0690. The van der Waals surface area contributed by atoms with Crippen LogP contribution in [0.3, 0.4) is 0 Å². The monoisotopic (exact) mass is 288 g/mol. The molecule has 0 saturated carbocycles. The number of β-amino-alcohol motifs (C(OH)–C–C–N with tert-alkyl or cyclic N) is 1. The Hall–Kier alpha value is -2.18. The second-order valence-corrected chi connectivity index (χ2v) is 5.24. The maximum atomic E-state index is 12.2. The molecule has 0 radical (unpaired) electrons. The molecule has 0 spiro atoms.